The first-order valence-electron chi connectivity index (χ1n) is 17.0. The third-order valence-corrected chi connectivity index (χ3v) is 12.0. The minimum absolute atomic E-state index is 0.0823. The van der Waals surface area contributed by atoms with Crippen LogP contribution < -0.4 is 11.2 Å². The fourth-order valence-corrected chi connectivity index (χ4v) is 8.77. The highest BCUT2D eigenvalue weighted by atomic mass is 79.9. The van der Waals surface area contributed by atoms with E-state index in [4.69, 9.17) is 0 Å². The first kappa shape index (κ1) is 36.0. The number of amides is 2. The number of aliphatic hydroxyl groups excluding tert-OH is 1. The Morgan fingerprint density at radius 2 is 1.71 bits per heavy atom. The summed E-state index contributed by atoms with van der Waals surface area (Å²) in [6, 6.07) is 6.97. The van der Waals surface area contributed by atoms with Gasteiger partial charge in [-0.25, -0.2) is 4.79 Å². The van der Waals surface area contributed by atoms with E-state index in [1.54, 1.807) is 40.1 Å². The molecule has 1 aromatic carbocycles. The van der Waals surface area contributed by atoms with E-state index in [1.165, 1.54) is 5.57 Å². The molecule has 1 aliphatic heterocycles. The molecule has 2 amide bonds. The average Bonchev–Trinajstić information content (AvgIpc) is 3.04. The van der Waals surface area contributed by atoms with Crippen molar-refractivity contribution in [3.63, 3.8) is 0 Å². The molecule has 48 heavy (non-hydrogen) atoms. The maximum Gasteiger partial charge on any atom is 0.331 e. The lowest BCUT2D eigenvalue weighted by atomic mass is 9.46. The van der Waals surface area contributed by atoms with Crippen LogP contribution in [-0.4, -0.2) is 68.1 Å². The molecule has 2 aliphatic carbocycles. The summed E-state index contributed by atoms with van der Waals surface area (Å²) >= 11 is 3.34. The maximum atomic E-state index is 14.6. The molecule has 1 N–H and O–H groups in total. The topological polar surface area (TPSA) is 105 Å². The van der Waals surface area contributed by atoms with E-state index in [0.717, 1.165) is 63.9 Å². The Labute approximate surface area is 290 Å². The van der Waals surface area contributed by atoms with Gasteiger partial charge in [-0.2, -0.15) is 4.39 Å². The molecule has 9 nitrogen and oxygen atoms in total. The Balaban J connectivity index is 1.16. The van der Waals surface area contributed by atoms with Crippen LogP contribution in [-0.2, 0) is 22.7 Å². The summed E-state index contributed by atoms with van der Waals surface area (Å²) in [5.74, 6) is -0.818. The van der Waals surface area contributed by atoms with Gasteiger partial charge < -0.3 is 14.9 Å². The van der Waals surface area contributed by atoms with E-state index >= 15 is 0 Å². The minimum atomic E-state index is -1.11. The molecule has 1 saturated heterocycles. The third-order valence-electron chi connectivity index (χ3n) is 11.4. The molecule has 260 valence electrons. The average molecular weight is 728 g/mol. The van der Waals surface area contributed by atoms with Crippen LogP contribution in [0.3, 0.4) is 0 Å². The van der Waals surface area contributed by atoms with Gasteiger partial charge in [0.05, 0.1) is 18.8 Å². The zero-order valence-corrected chi connectivity index (χ0v) is 30.1. The lowest BCUT2D eigenvalue weighted by Crippen LogP contribution is -2.54. The van der Waals surface area contributed by atoms with Crippen molar-refractivity contribution in [2.45, 2.75) is 85.4 Å². The summed E-state index contributed by atoms with van der Waals surface area (Å²) in [4.78, 5) is 55.1. The number of aromatic nitrogens is 2. The summed E-state index contributed by atoms with van der Waals surface area (Å²) in [6.45, 7) is 14.0. The Kier molecular flexibility index (Phi) is 10.7. The smallest absolute Gasteiger partial charge is 0.331 e. The standard InChI is InChI=1S/C37H48BrFN4O5/c1-24(6-12-28-25(2)7-13-30-36(3,4)31(44)14-15-37(28,30)5)20-32(45)40-16-18-41(19-17-40)33(46)23-42-22-29(39)34(47)43(35(42)48)21-26-8-10-27(38)11-9-26/h8-11,20,22,28,30-31,44H,2,6-7,12-19,21,23H2,1,3-5H3/b24-20+/t28-,30-,31-,37+/m1/s1. The highest BCUT2D eigenvalue weighted by Gasteiger charge is 2.55. The molecule has 0 spiro atoms. The molecular weight excluding hydrogens is 679 g/mol. The van der Waals surface area contributed by atoms with Gasteiger partial charge in [0.15, 0.2) is 0 Å². The van der Waals surface area contributed by atoms with Gasteiger partial charge in [0.2, 0.25) is 17.6 Å². The monoisotopic (exact) mass is 726 g/mol. The van der Waals surface area contributed by atoms with Crippen LogP contribution in [0.1, 0.15) is 71.8 Å². The van der Waals surface area contributed by atoms with Gasteiger partial charge in [0.1, 0.15) is 6.54 Å². The Bertz CT molecular complexity index is 1710. The predicted molar refractivity (Wildman–Crippen MR) is 187 cm³/mol. The molecular formula is C37H48BrFN4O5. The van der Waals surface area contributed by atoms with Crippen molar-refractivity contribution in [3.8, 4) is 0 Å². The van der Waals surface area contributed by atoms with E-state index in [0.29, 0.717) is 30.5 Å². The maximum absolute atomic E-state index is 14.6. The van der Waals surface area contributed by atoms with Gasteiger partial charge in [-0.15, -0.1) is 0 Å². The van der Waals surface area contributed by atoms with Crippen molar-refractivity contribution in [2.24, 2.45) is 22.7 Å². The van der Waals surface area contributed by atoms with E-state index in [-0.39, 0.29) is 48.4 Å². The molecule has 0 unspecified atom stereocenters. The number of piperazine rings is 1. The first-order chi connectivity index (χ1) is 22.6. The Morgan fingerprint density at radius 3 is 2.38 bits per heavy atom. The predicted octanol–water partition coefficient (Wildman–Crippen LogP) is 5.13. The highest BCUT2D eigenvalue weighted by molar-refractivity contribution is 9.10. The number of benzene rings is 1. The van der Waals surface area contributed by atoms with Crippen LogP contribution >= 0.6 is 15.9 Å². The number of hydrogen-bond donors (Lipinski definition) is 1. The summed E-state index contributed by atoms with van der Waals surface area (Å²) in [5.41, 5.74) is 1.08. The van der Waals surface area contributed by atoms with Crippen LogP contribution in [0.5, 0.6) is 0 Å². The number of carbonyl (C=O) groups excluding carboxylic acids is 2. The molecule has 3 aliphatic rings. The van der Waals surface area contributed by atoms with Gasteiger partial charge in [-0.3, -0.25) is 23.5 Å². The van der Waals surface area contributed by atoms with Gasteiger partial charge in [0, 0.05) is 36.7 Å². The van der Waals surface area contributed by atoms with Crippen LogP contribution in [0.4, 0.5) is 4.39 Å². The largest absolute Gasteiger partial charge is 0.393 e. The molecule has 2 saturated carbocycles. The number of fused-ring (bicyclic) bond motifs is 1. The number of hydrogen-bond acceptors (Lipinski definition) is 5. The molecule has 2 heterocycles. The van der Waals surface area contributed by atoms with E-state index in [1.807, 2.05) is 6.92 Å². The molecule has 11 heteroatoms. The number of aliphatic hydroxyl groups is 1. The van der Waals surface area contributed by atoms with Crippen LogP contribution in [0.15, 0.2) is 68.3 Å². The number of halogens is 2. The van der Waals surface area contributed by atoms with Crippen molar-refractivity contribution < 1.29 is 19.1 Å². The minimum Gasteiger partial charge on any atom is -0.393 e. The number of carbonyl (C=O) groups is 2. The zero-order valence-electron chi connectivity index (χ0n) is 28.5. The SMILES string of the molecule is C=C1CC[C@@H]2C(C)(C)[C@H](O)CC[C@@]2(C)[C@@H]1CC/C(C)=C/C(=O)N1CCN(C(=O)Cn2cc(F)c(=O)n(Cc3ccc(Br)cc3)c2=O)CC1. The summed E-state index contributed by atoms with van der Waals surface area (Å²) in [7, 11) is 0. The fourth-order valence-electron chi connectivity index (χ4n) is 8.51. The number of nitrogens with zero attached hydrogens (tertiary/aromatic N) is 4. The quantitative estimate of drug-likeness (QED) is 0.300. The van der Waals surface area contributed by atoms with Gasteiger partial charge in [-0.1, -0.05) is 66.6 Å². The lowest BCUT2D eigenvalue weighted by Gasteiger charge is -2.59. The molecule has 1 aromatic heterocycles. The number of allylic oxidation sites excluding steroid dienone is 2. The van der Waals surface area contributed by atoms with E-state index in [9.17, 15) is 28.7 Å². The second-order valence-corrected chi connectivity index (χ2v) is 15.7. The third kappa shape index (κ3) is 7.32. The molecule has 0 bridgehead atoms. The van der Waals surface area contributed by atoms with E-state index < -0.39 is 23.6 Å². The van der Waals surface area contributed by atoms with Crippen LogP contribution in [0.2, 0.25) is 0 Å². The summed E-state index contributed by atoms with van der Waals surface area (Å²) in [5, 5.41) is 10.8. The molecule has 3 fully saturated rings. The molecule has 0 radical (unpaired) electrons. The van der Waals surface area contributed by atoms with Crippen molar-refractivity contribution in [2.75, 3.05) is 26.2 Å². The van der Waals surface area contributed by atoms with Crippen molar-refractivity contribution in [1.29, 1.82) is 0 Å². The zero-order chi connectivity index (χ0) is 35.0. The first-order valence-corrected chi connectivity index (χ1v) is 17.7. The normalized spacial score (nSPS) is 25.9. The summed E-state index contributed by atoms with van der Waals surface area (Å²) < 4.78 is 17.1. The molecule has 5 rings (SSSR count). The fraction of sp³-hybridized carbons (Fsp3) is 0.568. The lowest BCUT2D eigenvalue weighted by molar-refractivity contribution is -0.137. The Morgan fingerprint density at radius 1 is 1.06 bits per heavy atom. The number of rotatable bonds is 8. The van der Waals surface area contributed by atoms with E-state index in [2.05, 4.69) is 43.3 Å². The van der Waals surface area contributed by atoms with Crippen molar-refractivity contribution in [3.05, 3.63) is 91.0 Å². The second-order valence-electron chi connectivity index (χ2n) is 14.8. The highest BCUT2D eigenvalue weighted by Crippen LogP contribution is 2.61. The van der Waals surface area contributed by atoms with Gasteiger partial charge in [0.25, 0.3) is 5.56 Å². The van der Waals surface area contributed by atoms with Crippen LogP contribution in [0, 0.1) is 28.5 Å². The van der Waals surface area contributed by atoms with Crippen molar-refractivity contribution >= 4 is 27.7 Å². The van der Waals surface area contributed by atoms with Gasteiger partial charge >= 0.3 is 5.69 Å². The van der Waals surface area contributed by atoms with Gasteiger partial charge in [-0.05, 0) is 85.8 Å². The van der Waals surface area contributed by atoms with Crippen molar-refractivity contribution in [1.82, 2.24) is 18.9 Å². The molecule has 2 aromatic rings. The Hall–Kier alpha value is -3.31. The second kappa shape index (κ2) is 14.3. The molecule has 4 atom stereocenters. The summed E-state index contributed by atoms with van der Waals surface area (Å²) in [6.07, 6.45) is 7.74. The van der Waals surface area contributed by atoms with Crippen LogP contribution in [0.25, 0.3) is 0 Å².